The van der Waals surface area contributed by atoms with Crippen LogP contribution in [-0.4, -0.2) is 5.11 Å². The highest BCUT2D eigenvalue weighted by Crippen LogP contribution is 2.56. The van der Waals surface area contributed by atoms with Crippen LogP contribution in [0.4, 0.5) is 17.1 Å². The van der Waals surface area contributed by atoms with E-state index in [1.165, 1.54) is 102 Å². The highest BCUT2D eigenvalue weighted by Gasteiger charge is 2.46. The Bertz CT molecular complexity index is 3300. The third kappa shape index (κ3) is 8.10. The second-order valence-corrected chi connectivity index (χ2v) is 21.1. The average molecular weight is 931 g/mol. The molecule has 1 heterocycles. The van der Waals surface area contributed by atoms with E-state index in [2.05, 4.69) is 164 Å². The van der Waals surface area contributed by atoms with E-state index >= 15 is 0 Å². The quantitative estimate of drug-likeness (QED) is 0.0702. The fourth-order valence-electron chi connectivity index (χ4n) is 13.1. The summed E-state index contributed by atoms with van der Waals surface area (Å²) in [5, 5.41) is 18.5. The van der Waals surface area contributed by atoms with Gasteiger partial charge in [-0.2, -0.15) is 0 Å². The minimum Gasteiger partial charge on any atom is -0.507 e. The van der Waals surface area contributed by atoms with Crippen molar-refractivity contribution in [2.24, 2.45) is 23.7 Å². The van der Waals surface area contributed by atoms with Crippen molar-refractivity contribution in [1.82, 2.24) is 0 Å². The van der Waals surface area contributed by atoms with Crippen molar-refractivity contribution in [3.8, 4) is 0 Å². The summed E-state index contributed by atoms with van der Waals surface area (Å²) in [7, 11) is 0. The van der Waals surface area contributed by atoms with Gasteiger partial charge in [-0.1, -0.05) is 180 Å². The summed E-state index contributed by atoms with van der Waals surface area (Å²) in [5.74, 6) is 2.24. The number of benzene rings is 4. The van der Waals surface area contributed by atoms with Gasteiger partial charge in [-0.15, -0.1) is 0 Å². The molecule has 356 valence electrons. The van der Waals surface area contributed by atoms with Gasteiger partial charge in [0, 0.05) is 62.4 Å². The number of hydrogen-bond donors (Lipinski definition) is 2. The molecule has 0 saturated heterocycles. The van der Waals surface area contributed by atoms with E-state index in [-0.39, 0.29) is 11.8 Å². The van der Waals surface area contributed by atoms with Gasteiger partial charge in [0.15, 0.2) is 5.58 Å². The number of nitrogens with one attached hydrogen (secondary N) is 1. The molecule has 4 aromatic carbocycles. The monoisotopic (exact) mass is 931 g/mol. The minimum absolute atomic E-state index is 0.117. The number of aliphatic hydroxyl groups is 1. The molecule has 3 saturated carbocycles. The van der Waals surface area contributed by atoms with Crippen LogP contribution in [0.25, 0.3) is 39.7 Å². The molecule has 7 aliphatic rings. The molecule has 4 nitrogen and oxygen atoms in total. The van der Waals surface area contributed by atoms with Crippen molar-refractivity contribution in [3.63, 3.8) is 0 Å². The molecule has 1 aromatic heterocycles. The van der Waals surface area contributed by atoms with E-state index in [9.17, 15) is 5.11 Å². The Hall–Kier alpha value is -7.04. The zero-order valence-corrected chi connectivity index (χ0v) is 41.3. The molecule has 7 aliphatic carbocycles. The van der Waals surface area contributed by atoms with Crippen LogP contribution in [0.1, 0.15) is 124 Å². The highest BCUT2D eigenvalue weighted by molar-refractivity contribution is 6.10. The maximum atomic E-state index is 12.2. The summed E-state index contributed by atoms with van der Waals surface area (Å²) >= 11 is 0. The number of fused-ring (bicyclic) bond motifs is 4. The van der Waals surface area contributed by atoms with Crippen molar-refractivity contribution < 1.29 is 9.52 Å². The number of anilines is 3. The molecule has 3 fully saturated rings. The van der Waals surface area contributed by atoms with Gasteiger partial charge in [0.25, 0.3) is 0 Å². The first-order chi connectivity index (χ1) is 34.9. The number of allylic oxidation sites excluding steroid dienone is 17. The normalized spacial score (nSPS) is 23.2. The standard InChI is InChI=1S/C67H66N2O2/c1-5-18-43(7-3)48-24-15-25-51(39-48)69(62-41-50(38-49-40-58(49)62)52(19-6-2)65(70)42(4)44-20-11-8-9-12-21-44)61-37-33-47-30-34-56-59(36-32-46-31-35-57(61)64(47)63(46)56)68-60-29-17-28-55-54-27-16-26-53(66(54)71-67(55)60)45-22-13-10-14-23-45/h5-7,15-19,24-39,41,44-45,47,49,58,64,68,70H,1,3-4,8-14,20-23,40H2,2H3/b19-6-,43-18+,65-52-. The molecule has 4 heteroatoms. The molecule has 0 amide bonds. The number of furan rings is 1. The molecule has 12 rings (SSSR count). The number of aliphatic hydroxyl groups excluding tert-OH is 1. The Morgan fingerprint density at radius 1 is 0.803 bits per heavy atom. The van der Waals surface area contributed by atoms with Gasteiger partial charge >= 0.3 is 0 Å². The number of hydrogen-bond acceptors (Lipinski definition) is 4. The molecule has 5 aromatic rings. The predicted octanol–water partition coefficient (Wildman–Crippen LogP) is 18.6. The molecule has 4 atom stereocenters. The fourth-order valence-corrected chi connectivity index (χ4v) is 13.1. The topological polar surface area (TPSA) is 48.6 Å². The van der Waals surface area contributed by atoms with E-state index < -0.39 is 0 Å². The summed E-state index contributed by atoms with van der Waals surface area (Å²) in [6, 6.07) is 26.7. The molecule has 0 aliphatic heterocycles. The molecule has 71 heavy (non-hydrogen) atoms. The number of nitrogens with zero attached hydrogens (tertiary/aromatic N) is 1. The van der Waals surface area contributed by atoms with Gasteiger partial charge < -0.3 is 19.7 Å². The van der Waals surface area contributed by atoms with Crippen LogP contribution in [-0.2, 0) is 0 Å². The van der Waals surface area contributed by atoms with Gasteiger partial charge in [-0.3, -0.25) is 0 Å². The molecule has 0 radical (unpaired) electrons. The van der Waals surface area contributed by atoms with Crippen molar-refractivity contribution in [2.45, 2.75) is 95.8 Å². The largest absolute Gasteiger partial charge is 0.507 e. The van der Waals surface area contributed by atoms with E-state index in [4.69, 9.17) is 4.42 Å². The van der Waals surface area contributed by atoms with Gasteiger partial charge in [0.2, 0.25) is 0 Å². The lowest BCUT2D eigenvalue weighted by Gasteiger charge is -2.41. The van der Waals surface area contributed by atoms with Crippen molar-refractivity contribution in [1.29, 1.82) is 0 Å². The lowest BCUT2D eigenvalue weighted by molar-refractivity contribution is 0.391. The summed E-state index contributed by atoms with van der Waals surface area (Å²) < 4.78 is 6.95. The second-order valence-electron chi connectivity index (χ2n) is 21.1. The predicted molar refractivity (Wildman–Crippen MR) is 300 cm³/mol. The van der Waals surface area contributed by atoms with Crippen LogP contribution in [0.2, 0.25) is 0 Å². The first-order valence-electron chi connectivity index (χ1n) is 26.6. The third-order valence-corrected chi connectivity index (χ3v) is 16.8. The van der Waals surface area contributed by atoms with Gasteiger partial charge in [-0.05, 0) is 138 Å². The molecule has 2 N–H and O–H groups in total. The van der Waals surface area contributed by atoms with Crippen molar-refractivity contribution >= 4 is 56.7 Å². The molecular formula is C67H66N2O2. The Balaban J connectivity index is 0.967. The van der Waals surface area contributed by atoms with Crippen LogP contribution in [0.5, 0.6) is 0 Å². The van der Waals surface area contributed by atoms with Crippen LogP contribution in [0.3, 0.4) is 0 Å². The minimum atomic E-state index is 0.117. The average Bonchev–Trinajstić information content (AvgIpc) is 4.17. The van der Waals surface area contributed by atoms with Crippen molar-refractivity contribution in [2.75, 3.05) is 10.2 Å². The molecular weight excluding hydrogens is 865 g/mol. The Morgan fingerprint density at radius 2 is 1.56 bits per heavy atom. The van der Waals surface area contributed by atoms with Crippen LogP contribution in [0.15, 0.2) is 203 Å². The van der Waals surface area contributed by atoms with E-state index in [1.54, 1.807) is 0 Å². The van der Waals surface area contributed by atoms with Crippen molar-refractivity contribution in [3.05, 3.63) is 227 Å². The number of para-hydroxylation sites is 2. The molecule has 0 bridgehead atoms. The third-order valence-electron chi connectivity index (χ3n) is 16.8. The van der Waals surface area contributed by atoms with Gasteiger partial charge in [0.1, 0.15) is 11.3 Å². The zero-order valence-electron chi connectivity index (χ0n) is 41.3. The maximum absolute atomic E-state index is 12.2. The SMILES string of the molecule is C=C/C=C(\C=C)c1cccc(N(C2=CC(C(/C=C\C)=C(\O)C(=C)C3CCCCCC3)=CC3CC23)C2=C3C=Cc4ccc(Nc5cccc6c5oc5c(C7CCCCC7)cccc56)c5c4C3C(C=C2)C=C5)c1. The van der Waals surface area contributed by atoms with Crippen LogP contribution < -0.4 is 10.2 Å². The molecule has 4 unspecified atom stereocenters. The first kappa shape index (κ1) is 45.1. The summed E-state index contributed by atoms with van der Waals surface area (Å²) in [4.78, 5) is 2.54. The highest BCUT2D eigenvalue weighted by atomic mass is 16.3. The lowest BCUT2D eigenvalue weighted by Crippen LogP contribution is -2.31. The summed E-state index contributed by atoms with van der Waals surface area (Å²) in [6.07, 6.45) is 43.5. The Morgan fingerprint density at radius 3 is 2.37 bits per heavy atom. The first-order valence-corrected chi connectivity index (χ1v) is 26.6. The fraction of sp³-hybridized carbons (Fsp3) is 0.284. The lowest BCUT2D eigenvalue weighted by atomic mass is 9.68. The van der Waals surface area contributed by atoms with E-state index in [0.717, 1.165) is 80.7 Å². The zero-order chi connectivity index (χ0) is 48.2. The summed E-state index contributed by atoms with van der Waals surface area (Å²) in [5.41, 5.74) is 19.0. The smallest absolute Gasteiger partial charge is 0.158 e. The van der Waals surface area contributed by atoms with E-state index in [0.29, 0.717) is 29.4 Å². The maximum Gasteiger partial charge on any atom is 0.158 e. The Kier molecular flexibility index (Phi) is 12.0. The van der Waals surface area contributed by atoms with Crippen LogP contribution in [0, 0.1) is 23.7 Å². The number of rotatable bonds is 13. The van der Waals surface area contributed by atoms with E-state index in [1.807, 2.05) is 25.2 Å². The van der Waals surface area contributed by atoms with Gasteiger partial charge in [0.05, 0.1) is 5.69 Å². The Labute approximate surface area is 420 Å². The van der Waals surface area contributed by atoms with Gasteiger partial charge in [-0.25, -0.2) is 0 Å². The summed E-state index contributed by atoms with van der Waals surface area (Å²) in [6.45, 7) is 14.8. The second kappa shape index (κ2) is 18.9. The molecule has 0 spiro atoms. The van der Waals surface area contributed by atoms with Crippen LogP contribution >= 0.6 is 0 Å².